The molecule has 0 bridgehead atoms. The molecule has 142 valence electrons. The SMILES string of the molecule is CC(Oc1ccc(F)cc1Br)C(=O)Nc1ccc(N2CCCC2=O)c(Cl)c1. The molecule has 1 N–H and O–H groups in total. The molecule has 0 radical (unpaired) electrons. The van der Waals surface area contributed by atoms with Gasteiger partial charge in [-0.15, -0.1) is 0 Å². The van der Waals surface area contributed by atoms with E-state index in [4.69, 9.17) is 16.3 Å². The second-order valence-corrected chi connectivity index (χ2v) is 7.40. The number of hydrogen-bond acceptors (Lipinski definition) is 3. The topological polar surface area (TPSA) is 58.6 Å². The third kappa shape index (κ3) is 4.59. The molecule has 8 heteroatoms. The molecule has 2 amide bonds. The zero-order valence-electron chi connectivity index (χ0n) is 14.5. The summed E-state index contributed by atoms with van der Waals surface area (Å²) in [5.41, 5.74) is 1.13. The number of nitrogens with zero attached hydrogens (tertiary/aromatic N) is 1. The van der Waals surface area contributed by atoms with Gasteiger partial charge in [-0.3, -0.25) is 9.59 Å². The van der Waals surface area contributed by atoms with Crippen LogP contribution in [0.25, 0.3) is 0 Å². The van der Waals surface area contributed by atoms with Crippen LogP contribution >= 0.6 is 27.5 Å². The first-order chi connectivity index (χ1) is 12.8. The predicted octanol–water partition coefficient (Wildman–Crippen LogP) is 4.77. The molecule has 2 aromatic rings. The van der Waals surface area contributed by atoms with Gasteiger partial charge in [-0.05, 0) is 65.7 Å². The van der Waals surface area contributed by atoms with Crippen molar-refractivity contribution in [1.82, 2.24) is 0 Å². The number of carbonyl (C=O) groups excluding carboxylic acids is 2. The number of halogens is 3. The minimum Gasteiger partial charge on any atom is -0.480 e. The first-order valence-corrected chi connectivity index (χ1v) is 9.55. The molecule has 1 fully saturated rings. The largest absolute Gasteiger partial charge is 0.480 e. The van der Waals surface area contributed by atoms with Gasteiger partial charge in [-0.1, -0.05) is 11.6 Å². The Kier molecular flexibility index (Phi) is 6.01. The van der Waals surface area contributed by atoms with E-state index in [-0.39, 0.29) is 11.8 Å². The molecule has 1 aliphatic heterocycles. The minimum atomic E-state index is -0.814. The summed E-state index contributed by atoms with van der Waals surface area (Å²) < 4.78 is 19.1. The Balaban J connectivity index is 1.66. The second kappa shape index (κ2) is 8.27. The third-order valence-corrected chi connectivity index (χ3v) is 5.07. The Morgan fingerprint density at radius 3 is 2.74 bits per heavy atom. The molecular weight excluding hydrogens is 439 g/mol. The van der Waals surface area contributed by atoms with E-state index in [9.17, 15) is 14.0 Å². The first kappa shape index (κ1) is 19.6. The van der Waals surface area contributed by atoms with Gasteiger partial charge in [-0.2, -0.15) is 0 Å². The van der Waals surface area contributed by atoms with Crippen molar-refractivity contribution in [3.8, 4) is 5.75 Å². The average molecular weight is 456 g/mol. The number of carbonyl (C=O) groups is 2. The Morgan fingerprint density at radius 1 is 1.33 bits per heavy atom. The van der Waals surface area contributed by atoms with Crippen molar-refractivity contribution in [3.63, 3.8) is 0 Å². The van der Waals surface area contributed by atoms with Gasteiger partial charge in [0.25, 0.3) is 5.91 Å². The van der Waals surface area contributed by atoms with Crippen LogP contribution in [-0.4, -0.2) is 24.5 Å². The lowest BCUT2D eigenvalue weighted by atomic mass is 10.2. The fourth-order valence-electron chi connectivity index (χ4n) is 2.77. The first-order valence-electron chi connectivity index (χ1n) is 8.37. The highest BCUT2D eigenvalue weighted by Crippen LogP contribution is 2.32. The van der Waals surface area contributed by atoms with Gasteiger partial charge < -0.3 is 15.0 Å². The zero-order valence-corrected chi connectivity index (χ0v) is 16.8. The van der Waals surface area contributed by atoms with Gasteiger partial charge in [0.1, 0.15) is 11.6 Å². The number of ether oxygens (including phenoxy) is 1. The molecule has 5 nitrogen and oxygen atoms in total. The number of hydrogen-bond donors (Lipinski definition) is 1. The Bertz CT molecular complexity index is 893. The number of amides is 2. The van der Waals surface area contributed by atoms with E-state index in [0.717, 1.165) is 6.42 Å². The Labute approximate surface area is 169 Å². The Hall–Kier alpha value is -2.12. The van der Waals surface area contributed by atoms with E-state index in [1.54, 1.807) is 30.0 Å². The van der Waals surface area contributed by atoms with Crippen molar-refractivity contribution in [3.05, 3.63) is 51.7 Å². The zero-order chi connectivity index (χ0) is 19.6. The van der Waals surface area contributed by atoms with Gasteiger partial charge in [0, 0.05) is 18.7 Å². The number of anilines is 2. The standard InChI is InChI=1S/C19H17BrClFN2O3/c1-11(27-17-7-4-12(22)9-14(17)20)19(26)23-13-5-6-16(15(21)10-13)24-8-2-3-18(24)25/h4-7,9-11H,2-3,8H2,1H3,(H,23,26). The fraction of sp³-hybridized carbons (Fsp3) is 0.263. The van der Waals surface area contributed by atoms with Gasteiger partial charge in [0.15, 0.2) is 6.10 Å². The fourth-order valence-corrected chi connectivity index (χ4v) is 3.49. The summed E-state index contributed by atoms with van der Waals surface area (Å²) in [6, 6.07) is 8.96. The van der Waals surface area contributed by atoms with Crippen LogP contribution in [0.3, 0.4) is 0 Å². The van der Waals surface area contributed by atoms with E-state index in [2.05, 4.69) is 21.2 Å². The average Bonchev–Trinajstić information content (AvgIpc) is 3.03. The molecule has 0 aromatic heterocycles. The van der Waals surface area contributed by atoms with E-state index in [1.165, 1.54) is 18.2 Å². The summed E-state index contributed by atoms with van der Waals surface area (Å²) in [7, 11) is 0. The Morgan fingerprint density at radius 2 is 2.11 bits per heavy atom. The van der Waals surface area contributed by atoms with Crippen LogP contribution in [0.2, 0.25) is 5.02 Å². The minimum absolute atomic E-state index is 0.0422. The highest BCUT2D eigenvalue weighted by molar-refractivity contribution is 9.10. The van der Waals surface area contributed by atoms with Crippen molar-refractivity contribution in [1.29, 1.82) is 0 Å². The van der Waals surface area contributed by atoms with Crippen molar-refractivity contribution >= 4 is 50.7 Å². The second-order valence-electron chi connectivity index (χ2n) is 6.14. The molecule has 1 unspecified atom stereocenters. The molecule has 0 saturated carbocycles. The van der Waals surface area contributed by atoms with Crippen LogP contribution in [0.1, 0.15) is 19.8 Å². The van der Waals surface area contributed by atoms with Crippen LogP contribution in [0.5, 0.6) is 5.75 Å². The van der Waals surface area contributed by atoms with E-state index < -0.39 is 11.9 Å². The van der Waals surface area contributed by atoms with Crippen LogP contribution in [0.4, 0.5) is 15.8 Å². The van der Waals surface area contributed by atoms with Gasteiger partial charge >= 0.3 is 0 Å². The third-order valence-electron chi connectivity index (χ3n) is 4.15. The van der Waals surface area contributed by atoms with Gasteiger partial charge in [-0.25, -0.2) is 4.39 Å². The maximum atomic E-state index is 13.1. The number of nitrogens with one attached hydrogen (secondary N) is 1. The summed E-state index contributed by atoms with van der Waals surface area (Å²) >= 11 is 9.48. The molecule has 1 heterocycles. The van der Waals surface area contributed by atoms with Crippen molar-refractivity contribution < 1.29 is 18.7 Å². The van der Waals surface area contributed by atoms with E-state index >= 15 is 0 Å². The van der Waals surface area contributed by atoms with Crippen LogP contribution in [0.15, 0.2) is 40.9 Å². The monoisotopic (exact) mass is 454 g/mol. The molecule has 1 saturated heterocycles. The maximum Gasteiger partial charge on any atom is 0.265 e. The molecule has 2 aromatic carbocycles. The molecule has 0 aliphatic carbocycles. The van der Waals surface area contributed by atoms with E-state index in [1.807, 2.05) is 0 Å². The summed E-state index contributed by atoms with van der Waals surface area (Å²) in [5.74, 6) is -0.384. The summed E-state index contributed by atoms with van der Waals surface area (Å²) in [6.07, 6.45) is 0.509. The van der Waals surface area contributed by atoms with E-state index in [0.29, 0.717) is 39.6 Å². The lowest BCUT2D eigenvalue weighted by Crippen LogP contribution is -2.30. The molecular formula is C19H17BrClFN2O3. The van der Waals surface area contributed by atoms with Crippen molar-refractivity contribution in [2.24, 2.45) is 0 Å². The maximum absolute atomic E-state index is 13.1. The van der Waals surface area contributed by atoms with Crippen molar-refractivity contribution in [2.45, 2.75) is 25.9 Å². The molecule has 27 heavy (non-hydrogen) atoms. The molecule has 1 atom stereocenters. The smallest absolute Gasteiger partial charge is 0.265 e. The summed E-state index contributed by atoms with van der Waals surface area (Å²) in [6.45, 7) is 2.23. The quantitative estimate of drug-likeness (QED) is 0.706. The number of benzene rings is 2. The van der Waals surface area contributed by atoms with Gasteiger partial charge in [0.05, 0.1) is 15.2 Å². The lowest BCUT2D eigenvalue weighted by molar-refractivity contribution is -0.122. The molecule has 1 aliphatic rings. The van der Waals surface area contributed by atoms with Crippen LogP contribution in [0, 0.1) is 5.82 Å². The normalized spacial score (nSPS) is 15.0. The van der Waals surface area contributed by atoms with Crippen LogP contribution < -0.4 is 15.0 Å². The van der Waals surface area contributed by atoms with Crippen molar-refractivity contribution in [2.75, 3.05) is 16.8 Å². The molecule has 3 rings (SSSR count). The highest BCUT2D eigenvalue weighted by atomic mass is 79.9. The summed E-state index contributed by atoms with van der Waals surface area (Å²) in [5, 5.41) is 3.11. The lowest BCUT2D eigenvalue weighted by Gasteiger charge is -2.19. The molecule has 0 spiro atoms. The number of rotatable bonds is 5. The van der Waals surface area contributed by atoms with Crippen LogP contribution in [-0.2, 0) is 9.59 Å². The van der Waals surface area contributed by atoms with Gasteiger partial charge in [0.2, 0.25) is 5.91 Å². The summed E-state index contributed by atoms with van der Waals surface area (Å²) in [4.78, 5) is 25.9. The highest BCUT2D eigenvalue weighted by Gasteiger charge is 2.24. The predicted molar refractivity (Wildman–Crippen MR) is 106 cm³/mol.